The van der Waals surface area contributed by atoms with Gasteiger partial charge in [-0.3, -0.25) is 4.79 Å². The first kappa shape index (κ1) is 15.2. The van der Waals surface area contributed by atoms with Gasteiger partial charge in [-0.15, -0.1) is 0 Å². The molecule has 0 amide bonds. The first-order chi connectivity index (χ1) is 9.95. The van der Waals surface area contributed by atoms with E-state index in [1.807, 2.05) is 0 Å². The van der Waals surface area contributed by atoms with Gasteiger partial charge in [-0.25, -0.2) is 0 Å². The highest BCUT2D eigenvalue weighted by Crippen LogP contribution is 2.17. The Kier molecular flexibility index (Phi) is 4.73. The van der Waals surface area contributed by atoms with Crippen molar-refractivity contribution >= 4 is 5.97 Å². The Bertz CT molecular complexity index is 634. The molecule has 0 spiro atoms. The zero-order valence-electron chi connectivity index (χ0n) is 12.8. The fraction of sp³-hybridized carbons (Fsp3) is 0.438. The first-order valence-corrected chi connectivity index (χ1v) is 7.01. The summed E-state index contributed by atoms with van der Waals surface area (Å²) in [5, 5.41) is 3.68. The Labute approximate surface area is 124 Å². The van der Waals surface area contributed by atoms with Gasteiger partial charge >= 0.3 is 5.97 Å². The molecule has 1 atom stereocenters. The molecule has 0 aliphatic heterocycles. The van der Waals surface area contributed by atoms with E-state index in [0.29, 0.717) is 24.6 Å². The Morgan fingerprint density at radius 2 is 2.10 bits per heavy atom. The van der Waals surface area contributed by atoms with E-state index in [9.17, 15) is 4.79 Å². The van der Waals surface area contributed by atoms with Crippen molar-refractivity contribution in [1.82, 2.24) is 10.1 Å². The predicted molar refractivity (Wildman–Crippen MR) is 77.8 cm³/mol. The lowest BCUT2D eigenvalue weighted by atomic mass is 10.0. The molecule has 1 aromatic heterocycles. The van der Waals surface area contributed by atoms with E-state index in [4.69, 9.17) is 9.26 Å². The second-order valence-electron chi connectivity index (χ2n) is 5.24. The van der Waals surface area contributed by atoms with Crippen LogP contribution in [0.15, 0.2) is 22.7 Å². The third-order valence-electron chi connectivity index (χ3n) is 3.30. The van der Waals surface area contributed by atoms with Crippen LogP contribution in [0.4, 0.5) is 0 Å². The van der Waals surface area contributed by atoms with Crippen LogP contribution in [0.5, 0.6) is 0 Å². The smallest absolute Gasteiger partial charge is 0.306 e. The molecule has 0 aliphatic carbocycles. The standard InChI is InChI=1S/C16H20N2O3/c1-10-5-6-14(11(2)9-10)7-8-15(19)20-12(3)16-17-13(4)18-21-16/h5-6,9,12H,7-8H2,1-4H3. The zero-order chi connectivity index (χ0) is 15.4. The van der Waals surface area contributed by atoms with Crippen LogP contribution < -0.4 is 0 Å². The topological polar surface area (TPSA) is 65.2 Å². The average molecular weight is 288 g/mol. The largest absolute Gasteiger partial charge is 0.453 e. The van der Waals surface area contributed by atoms with Crippen LogP contribution in [-0.2, 0) is 16.0 Å². The molecule has 0 bridgehead atoms. The van der Waals surface area contributed by atoms with E-state index in [1.165, 1.54) is 16.7 Å². The number of hydrogen-bond donors (Lipinski definition) is 0. The average Bonchev–Trinajstić information content (AvgIpc) is 2.84. The lowest BCUT2D eigenvalue weighted by molar-refractivity contribution is -0.149. The lowest BCUT2D eigenvalue weighted by Gasteiger charge is -2.10. The van der Waals surface area contributed by atoms with E-state index in [1.54, 1.807) is 13.8 Å². The van der Waals surface area contributed by atoms with E-state index in [2.05, 4.69) is 42.2 Å². The molecule has 21 heavy (non-hydrogen) atoms. The first-order valence-electron chi connectivity index (χ1n) is 7.01. The van der Waals surface area contributed by atoms with Crippen LogP contribution in [0, 0.1) is 20.8 Å². The highest BCUT2D eigenvalue weighted by molar-refractivity contribution is 5.70. The number of aromatic nitrogens is 2. The molecule has 0 radical (unpaired) electrons. The quantitative estimate of drug-likeness (QED) is 0.790. The Morgan fingerprint density at radius 1 is 1.33 bits per heavy atom. The van der Waals surface area contributed by atoms with E-state index in [0.717, 1.165) is 0 Å². The minimum atomic E-state index is -0.516. The number of esters is 1. The van der Waals surface area contributed by atoms with Crippen molar-refractivity contribution in [2.45, 2.75) is 46.6 Å². The molecule has 0 fully saturated rings. The highest BCUT2D eigenvalue weighted by atomic mass is 16.6. The summed E-state index contributed by atoms with van der Waals surface area (Å²) >= 11 is 0. The summed E-state index contributed by atoms with van der Waals surface area (Å²) in [5.41, 5.74) is 3.58. The predicted octanol–water partition coefficient (Wildman–Crippen LogP) is 3.23. The normalized spacial score (nSPS) is 12.2. The fourth-order valence-corrected chi connectivity index (χ4v) is 2.15. The van der Waals surface area contributed by atoms with Crippen molar-refractivity contribution in [1.29, 1.82) is 0 Å². The molecule has 1 heterocycles. The number of ether oxygens (including phenoxy) is 1. The molecule has 0 aliphatic rings. The lowest BCUT2D eigenvalue weighted by Crippen LogP contribution is -2.10. The van der Waals surface area contributed by atoms with Gasteiger partial charge in [0.25, 0.3) is 5.89 Å². The number of benzene rings is 1. The molecule has 5 nitrogen and oxygen atoms in total. The summed E-state index contributed by atoms with van der Waals surface area (Å²) < 4.78 is 10.3. The van der Waals surface area contributed by atoms with Crippen LogP contribution >= 0.6 is 0 Å². The zero-order valence-corrected chi connectivity index (χ0v) is 12.8. The maximum Gasteiger partial charge on any atom is 0.306 e. The van der Waals surface area contributed by atoms with Crippen molar-refractivity contribution in [2.24, 2.45) is 0 Å². The number of hydrogen-bond acceptors (Lipinski definition) is 5. The Morgan fingerprint density at radius 3 is 2.71 bits per heavy atom. The summed E-state index contributed by atoms with van der Waals surface area (Å²) in [5.74, 6) is 0.592. The van der Waals surface area contributed by atoms with Gasteiger partial charge in [0.05, 0.1) is 0 Å². The molecule has 112 valence electrons. The van der Waals surface area contributed by atoms with Crippen LogP contribution in [0.2, 0.25) is 0 Å². The Balaban J connectivity index is 1.87. The van der Waals surface area contributed by atoms with Gasteiger partial charge in [-0.1, -0.05) is 28.9 Å². The van der Waals surface area contributed by atoms with Gasteiger partial charge in [-0.2, -0.15) is 4.98 Å². The fourth-order valence-electron chi connectivity index (χ4n) is 2.15. The summed E-state index contributed by atoms with van der Waals surface area (Å²) in [7, 11) is 0. The van der Waals surface area contributed by atoms with E-state index in [-0.39, 0.29) is 5.97 Å². The molecule has 2 aromatic rings. The molecule has 1 unspecified atom stereocenters. The molecular weight excluding hydrogens is 268 g/mol. The van der Waals surface area contributed by atoms with Gasteiger partial charge < -0.3 is 9.26 Å². The molecule has 5 heteroatoms. The van der Waals surface area contributed by atoms with Crippen molar-refractivity contribution in [3.05, 3.63) is 46.6 Å². The summed E-state index contributed by atoms with van der Waals surface area (Å²) in [6.45, 7) is 7.56. The Hall–Kier alpha value is -2.17. The van der Waals surface area contributed by atoms with Crippen molar-refractivity contribution in [3.8, 4) is 0 Å². The van der Waals surface area contributed by atoms with Crippen molar-refractivity contribution in [2.75, 3.05) is 0 Å². The maximum absolute atomic E-state index is 11.9. The van der Waals surface area contributed by atoms with Crippen LogP contribution in [0.3, 0.4) is 0 Å². The maximum atomic E-state index is 11.9. The number of rotatable bonds is 5. The number of carbonyl (C=O) groups is 1. The minimum Gasteiger partial charge on any atom is -0.453 e. The van der Waals surface area contributed by atoms with Gasteiger partial charge in [0.1, 0.15) is 0 Å². The molecule has 1 aromatic carbocycles. The van der Waals surface area contributed by atoms with Gasteiger partial charge in [0.15, 0.2) is 11.9 Å². The highest BCUT2D eigenvalue weighted by Gasteiger charge is 2.17. The molecular formula is C16H20N2O3. The van der Waals surface area contributed by atoms with E-state index >= 15 is 0 Å². The number of carbonyl (C=O) groups excluding carboxylic acids is 1. The van der Waals surface area contributed by atoms with Gasteiger partial charge in [0.2, 0.25) is 0 Å². The third kappa shape index (κ3) is 4.15. The van der Waals surface area contributed by atoms with Crippen LogP contribution in [0.1, 0.15) is 47.9 Å². The second kappa shape index (κ2) is 6.52. The molecule has 2 rings (SSSR count). The number of nitrogens with zero attached hydrogens (tertiary/aromatic N) is 2. The monoisotopic (exact) mass is 288 g/mol. The third-order valence-corrected chi connectivity index (χ3v) is 3.30. The van der Waals surface area contributed by atoms with E-state index < -0.39 is 6.10 Å². The van der Waals surface area contributed by atoms with Gasteiger partial charge in [-0.05, 0) is 45.2 Å². The van der Waals surface area contributed by atoms with Gasteiger partial charge in [0, 0.05) is 6.42 Å². The molecule has 0 N–H and O–H groups in total. The minimum absolute atomic E-state index is 0.265. The second-order valence-corrected chi connectivity index (χ2v) is 5.24. The molecule has 0 saturated carbocycles. The summed E-state index contributed by atoms with van der Waals surface area (Å²) in [6.07, 6.45) is 0.486. The van der Waals surface area contributed by atoms with Crippen molar-refractivity contribution in [3.63, 3.8) is 0 Å². The number of aryl methyl sites for hydroxylation is 4. The van der Waals surface area contributed by atoms with Crippen molar-refractivity contribution < 1.29 is 14.1 Å². The SMILES string of the molecule is Cc1ccc(CCC(=O)OC(C)c2nc(C)no2)c(C)c1. The van der Waals surface area contributed by atoms with Crippen LogP contribution in [-0.4, -0.2) is 16.1 Å². The summed E-state index contributed by atoms with van der Waals surface area (Å²) in [4.78, 5) is 15.9. The van der Waals surface area contributed by atoms with Crippen LogP contribution in [0.25, 0.3) is 0 Å². The molecule has 0 saturated heterocycles. The summed E-state index contributed by atoms with van der Waals surface area (Å²) in [6, 6.07) is 6.23.